The van der Waals surface area contributed by atoms with Gasteiger partial charge in [0.05, 0.1) is 12.8 Å². The highest BCUT2D eigenvalue weighted by molar-refractivity contribution is 5.32. The maximum Gasteiger partial charge on any atom is 0.123 e. The number of hydrogen-bond donors (Lipinski definition) is 1. The fourth-order valence-electron chi connectivity index (χ4n) is 1.60. The lowest BCUT2D eigenvalue weighted by atomic mass is 10.2. The van der Waals surface area contributed by atoms with Gasteiger partial charge in [-0.25, -0.2) is 0 Å². The summed E-state index contributed by atoms with van der Waals surface area (Å²) >= 11 is 0. The molecule has 2 rings (SSSR count). The van der Waals surface area contributed by atoms with E-state index in [0.29, 0.717) is 6.54 Å². The van der Waals surface area contributed by atoms with Crippen molar-refractivity contribution in [1.82, 2.24) is 15.5 Å². The van der Waals surface area contributed by atoms with Gasteiger partial charge < -0.3 is 10.1 Å². The molecule has 88 valence electrons. The van der Waals surface area contributed by atoms with Gasteiger partial charge in [0.1, 0.15) is 5.75 Å². The predicted octanol–water partition coefficient (Wildman–Crippen LogP) is 1.77. The molecule has 0 aliphatic carbocycles. The lowest BCUT2D eigenvalue weighted by Crippen LogP contribution is -2.14. The molecule has 1 aromatic heterocycles. The molecule has 0 fully saturated rings. The molecule has 1 N–H and O–H groups in total. The van der Waals surface area contributed by atoms with Crippen molar-refractivity contribution in [3.05, 3.63) is 53.9 Å². The van der Waals surface area contributed by atoms with Crippen LogP contribution in [-0.2, 0) is 13.1 Å². The number of para-hydroxylation sites is 1. The highest BCUT2D eigenvalue weighted by atomic mass is 16.5. The normalized spacial score (nSPS) is 10.2. The second-order valence-corrected chi connectivity index (χ2v) is 3.63. The fourth-order valence-corrected chi connectivity index (χ4v) is 1.60. The highest BCUT2D eigenvalue weighted by Gasteiger charge is 2.01. The topological polar surface area (TPSA) is 47.0 Å². The first-order valence-corrected chi connectivity index (χ1v) is 5.49. The Hall–Kier alpha value is -1.94. The summed E-state index contributed by atoms with van der Waals surface area (Å²) in [5.41, 5.74) is 2.07. The average molecular weight is 229 g/mol. The third-order valence-corrected chi connectivity index (χ3v) is 2.44. The zero-order chi connectivity index (χ0) is 11.9. The van der Waals surface area contributed by atoms with Gasteiger partial charge in [0, 0.05) is 24.8 Å². The molecular formula is C13H15N3O. The third kappa shape index (κ3) is 3.26. The Labute approximate surface area is 101 Å². The summed E-state index contributed by atoms with van der Waals surface area (Å²) in [5.74, 6) is 0.902. The molecule has 17 heavy (non-hydrogen) atoms. The summed E-state index contributed by atoms with van der Waals surface area (Å²) in [6.45, 7) is 1.45. The van der Waals surface area contributed by atoms with Crippen LogP contribution in [0.5, 0.6) is 5.75 Å². The number of benzene rings is 1. The van der Waals surface area contributed by atoms with Gasteiger partial charge in [-0.15, -0.1) is 0 Å². The molecule has 0 radical (unpaired) electrons. The predicted molar refractivity (Wildman–Crippen MR) is 65.6 cm³/mol. The zero-order valence-electron chi connectivity index (χ0n) is 9.76. The van der Waals surface area contributed by atoms with Gasteiger partial charge in [0.2, 0.25) is 0 Å². The van der Waals surface area contributed by atoms with Crippen molar-refractivity contribution in [2.75, 3.05) is 7.11 Å². The van der Waals surface area contributed by atoms with Gasteiger partial charge in [-0.1, -0.05) is 18.2 Å². The minimum atomic E-state index is 0.700. The van der Waals surface area contributed by atoms with Crippen LogP contribution in [0.1, 0.15) is 11.3 Å². The monoisotopic (exact) mass is 229 g/mol. The molecular weight excluding hydrogens is 214 g/mol. The standard InChI is InChI=1S/C13H15N3O/c1-17-13-7-3-2-5-11(13)9-14-10-12-6-4-8-15-16-12/h2-8,14H,9-10H2,1H3. The minimum absolute atomic E-state index is 0.700. The summed E-state index contributed by atoms with van der Waals surface area (Å²) in [6.07, 6.45) is 1.67. The van der Waals surface area contributed by atoms with E-state index in [9.17, 15) is 0 Å². The number of methoxy groups -OCH3 is 1. The molecule has 2 aromatic rings. The quantitative estimate of drug-likeness (QED) is 0.849. The molecule has 0 spiro atoms. The number of nitrogens with zero attached hydrogens (tertiary/aromatic N) is 2. The molecule has 0 amide bonds. The lowest BCUT2D eigenvalue weighted by molar-refractivity contribution is 0.407. The van der Waals surface area contributed by atoms with Crippen molar-refractivity contribution in [2.24, 2.45) is 0 Å². The van der Waals surface area contributed by atoms with E-state index in [1.165, 1.54) is 0 Å². The molecule has 0 aliphatic rings. The van der Waals surface area contributed by atoms with E-state index >= 15 is 0 Å². The number of aromatic nitrogens is 2. The number of hydrogen-bond acceptors (Lipinski definition) is 4. The minimum Gasteiger partial charge on any atom is -0.496 e. The molecule has 1 heterocycles. The van der Waals surface area contributed by atoms with Crippen LogP contribution in [0, 0.1) is 0 Å². The van der Waals surface area contributed by atoms with Gasteiger partial charge in [-0.05, 0) is 18.2 Å². The summed E-state index contributed by atoms with van der Waals surface area (Å²) in [5, 5.41) is 11.1. The smallest absolute Gasteiger partial charge is 0.123 e. The molecule has 1 aromatic carbocycles. The first-order valence-electron chi connectivity index (χ1n) is 5.49. The van der Waals surface area contributed by atoms with E-state index in [0.717, 1.165) is 23.6 Å². The van der Waals surface area contributed by atoms with Crippen molar-refractivity contribution in [3.8, 4) is 5.75 Å². The van der Waals surface area contributed by atoms with Gasteiger partial charge in [0.25, 0.3) is 0 Å². The van der Waals surface area contributed by atoms with Crippen LogP contribution < -0.4 is 10.1 Å². The Morgan fingerprint density at radius 1 is 1.12 bits per heavy atom. The summed E-state index contributed by atoms with van der Waals surface area (Å²) in [4.78, 5) is 0. The van der Waals surface area contributed by atoms with Gasteiger partial charge in [0.15, 0.2) is 0 Å². The molecule has 4 nitrogen and oxygen atoms in total. The van der Waals surface area contributed by atoms with Crippen molar-refractivity contribution < 1.29 is 4.74 Å². The summed E-state index contributed by atoms with van der Waals surface area (Å²) in [7, 11) is 1.68. The summed E-state index contributed by atoms with van der Waals surface area (Å²) < 4.78 is 5.28. The van der Waals surface area contributed by atoms with E-state index < -0.39 is 0 Å². The molecule has 0 saturated heterocycles. The number of rotatable bonds is 5. The van der Waals surface area contributed by atoms with Crippen LogP contribution >= 0.6 is 0 Å². The first kappa shape index (κ1) is 11.5. The van der Waals surface area contributed by atoms with Crippen LogP contribution in [0.25, 0.3) is 0 Å². The second-order valence-electron chi connectivity index (χ2n) is 3.63. The van der Waals surface area contributed by atoms with Gasteiger partial charge in [-0.3, -0.25) is 0 Å². The molecule has 0 aliphatic heterocycles. The maximum atomic E-state index is 5.28. The molecule has 0 saturated carbocycles. The Balaban J connectivity index is 1.90. The maximum absolute atomic E-state index is 5.28. The van der Waals surface area contributed by atoms with E-state index in [1.54, 1.807) is 13.3 Å². The van der Waals surface area contributed by atoms with E-state index in [2.05, 4.69) is 15.5 Å². The zero-order valence-corrected chi connectivity index (χ0v) is 9.76. The van der Waals surface area contributed by atoms with E-state index in [1.807, 2.05) is 36.4 Å². The Morgan fingerprint density at radius 3 is 2.76 bits per heavy atom. The Kier molecular flexibility index (Phi) is 4.05. The van der Waals surface area contributed by atoms with Crippen molar-refractivity contribution in [2.45, 2.75) is 13.1 Å². The van der Waals surface area contributed by atoms with Crippen LogP contribution in [0.2, 0.25) is 0 Å². The van der Waals surface area contributed by atoms with Gasteiger partial charge >= 0.3 is 0 Å². The first-order chi connectivity index (χ1) is 8.40. The molecule has 4 heteroatoms. The van der Waals surface area contributed by atoms with Crippen molar-refractivity contribution in [1.29, 1.82) is 0 Å². The fraction of sp³-hybridized carbons (Fsp3) is 0.231. The lowest BCUT2D eigenvalue weighted by Gasteiger charge is -2.08. The van der Waals surface area contributed by atoms with Crippen molar-refractivity contribution >= 4 is 0 Å². The molecule has 0 unspecified atom stereocenters. The van der Waals surface area contributed by atoms with E-state index in [-0.39, 0.29) is 0 Å². The van der Waals surface area contributed by atoms with Crippen LogP contribution in [0.15, 0.2) is 42.6 Å². The average Bonchev–Trinajstić information content (AvgIpc) is 2.40. The third-order valence-electron chi connectivity index (χ3n) is 2.44. The molecule has 0 bridgehead atoms. The summed E-state index contributed by atoms with van der Waals surface area (Å²) in [6, 6.07) is 11.8. The van der Waals surface area contributed by atoms with Crippen molar-refractivity contribution in [3.63, 3.8) is 0 Å². The number of nitrogens with one attached hydrogen (secondary N) is 1. The van der Waals surface area contributed by atoms with Gasteiger partial charge in [-0.2, -0.15) is 10.2 Å². The largest absolute Gasteiger partial charge is 0.496 e. The highest BCUT2D eigenvalue weighted by Crippen LogP contribution is 2.16. The van der Waals surface area contributed by atoms with Crippen LogP contribution in [0.3, 0.4) is 0 Å². The SMILES string of the molecule is COc1ccccc1CNCc1cccnn1. The molecule has 0 atom stereocenters. The number of ether oxygens (including phenoxy) is 1. The van der Waals surface area contributed by atoms with Crippen LogP contribution in [-0.4, -0.2) is 17.3 Å². The van der Waals surface area contributed by atoms with E-state index in [4.69, 9.17) is 4.74 Å². The Bertz CT molecular complexity index is 459. The van der Waals surface area contributed by atoms with Crippen LogP contribution in [0.4, 0.5) is 0 Å². The second kappa shape index (κ2) is 5.96. The Morgan fingerprint density at radius 2 is 2.00 bits per heavy atom.